The second kappa shape index (κ2) is 6.02. The third-order valence-electron chi connectivity index (χ3n) is 2.57. The summed E-state index contributed by atoms with van der Waals surface area (Å²) in [6, 6.07) is 3.78. The molecular weight excluding hydrogens is 256 g/mol. The van der Waals surface area contributed by atoms with Gasteiger partial charge in [-0.25, -0.2) is 13.8 Å². The van der Waals surface area contributed by atoms with Crippen LogP contribution in [-0.4, -0.2) is 16.7 Å². The van der Waals surface area contributed by atoms with Crippen molar-refractivity contribution in [1.29, 1.82) is 0 Å². The normalized spacial score (nSPS) is 10.8. The van der Waals surface area contributed by atoms with Gasteiger partial charge >= 0.3 is 0 Å². The monoisotopic (exact) mass is 269 g/mol. The Kier molecular flexibility index (Phi) is 4.38. The molecule has 0 saturated heterocycles. The van der Waals surface area contributed by atoms with Crippen molar-refractivity contribution >= 4 is 11.3 Å². The van der Waals surface area contributed by atoms with Gasteiger partial charge in [0.25, 0.3) is 0 Å². The van der Waals surface area contributed by atoms with Crippen molar-refractivity contribution in [1.82, 2.24) is 4.98 Å². The number of aliphatic hydroxyl groups is 1. The first-order chi connectivity index (χ1) is 8.70. The number of nitrogens with zero attached hydrogens (tertiary/aromatic N) is 1. The number of unbranched alkanes of at least 4 members (excludes halogenated alkanes) is 1. The van der Waals surface area contributed by atoms with Gasteiger partial charge in [-0.1, -0.05) is 0 Å². The Labute approximate surface area is 108 Å². The standard InChI is InChI=1S/C13H13F2NOS/c14-10-5-4-9(7-11(10)15)12-8-18-13(16-12)3-1-2-6-17/h4-5,7-8,17H,1-3,6H2. The van der Waals surface area contributed by atoms with E-state index in [1.54, 1.807) is 0 Å². The number of hydrogen-bond acceptors (Lipinski definition) is 3. The number of aromatic nitrogens is 1. The van der Waals surface area contributed by atoms with E-state index < -0.39 is 11.6 Å². The van der Waals surface area contributed by atoms with E-state index in [1.807, 2.05) is 5.38 Å². The molecule has 2 aromatic rings. The molecule has 1 aromatic carbocycles. The van der Waals surface area contributed by atoms with Crippen LogP contribution in [0.3, 0.4) is 0 Å². The van der Waals surface area contributed by atoms with Gasteiger partial charge in [-0.2, -0.15) is 0 Å². The molecule has 0 spiro atoms. The zero-order chi connectivity index (χ0) is 13.0. The Morgan fingerprint density at radius 3 is 2.72 bits per heavy atom. The first-order valence-corrected chi connectivity index (χ1v) is 6.59. The molecule has 18 heavy (non-hydrogen) atoms. The van der Waals surface area contributed by atoms with Crippen LogP contribution in [0.25, 0.3) is 11.3 Å². The topological polar surface area (TPSA) is 33.1 Å². The van der Waals surface area contributed by atoms with Gasteiger partial charge in [0.1, 0.15) is 0 Å². The van der Waals surface area contributed by atoms with Crippen LogP contribution in [0, 0.1) is 11.6 Å². The zero-order valence-corrected chi connectivity index (χ0v) is 10.5. The van der Waals surface area contributed by atoms with Gasteiger partial charge in [-0.15, -0.1) is 11.3 Å². The van der Waals surface area contributed by atoms with Crippen LogP contribution >= 0.6 is 11.3 Å². The third-order valence-corrected chi connectivity index (χ3v) is 3.47. The highest BCUT2D eigenvalue weighted by Gasteiger charge is 2.08. The molecule has 0 amide bonds. The maximum Gasteiger partial charge on any atom is 0.159 e. The lowest BCUT2D eigenvalue weighted by atomic mass is 10.1. The van der Waals surface area contributed by atoms with Crippen molar-refractivity contribution in [2.24, 2.45) is 0 Å². The number of rotatable bonds is 5. The molecule has 0 aliphatic rings. The molecule has 1 aromatic heterocycles. The first-order valence-electron chi connectivity index (χ1n) is 5.71. The van der Waals surface area contributed by atoms with E-state index in [-0.39, 0.29) is 6.61 Å². The second-order valence-corrected chi connectivity index (χ2v) is 4.88. The fourth-order valence-corrected chi connectivity index (χ4v) is 2.45. The number of benzene rings is 1. The van der Waals surface area contributed by atoms with Gasteiger partial charge in [0.05, 0.1) is 10.7 Å². The molecular formula is C13H13F2NOS. The highest BCUT2D eigenvalue weighted by atomic mass is 32.1. The highest BCUT2D eigenvalue weighted by molar-refractivity contribution is 7.09. The number of aryl methyl sites for hydroxylation is 1. The van der Waals surface area contributed by atoms with E-state index in [0.29, 0.717) is 11.3 Å². The van der Waals surface area contributed by atoms with Crippen LogP contribution in [0.5, 0.6) is 0 Å². The Morgan fingerprint density at radius 1 is 1.17 bits per heavy atom. The molecule has 96 valence electrons. The Hall–Kier alpha value is -1.33. The average molecular weight is 269 g/mol. The molecule has 0 fully saturated rings. The van der Waals surface area contributed by atoms with Crippen LogP contribution in [0.2, 0.25) is 0 Å². The molecule has 0 atom stereocenters. The van der Waals surface area contributed by atoms with Gasteiger partial charge in [-0.05, 0) is 37.5 Å². The summed E-state index contributed by atoms with van der Waals surface area (Å²) in [5.74, 6) is -1.71. The molecule has 0 aliphatic carbocycles. The van der Waals surface area contributed by atoms with E-state index in [1.165, 1.54) is 17.4 Å². The van der Waals surface area contributed by atoms with Gasteiger partial charge < -0.3 is 5.11 Å². The molecule has 1 N–H and O–H groups in total. The summed E-state index contributed by atoms with van der Waals surface area (Å²) in [6.07, 6.45) is 2.43. The number of aliphatic hydroxyl groups excluding tert-OH is 1. The van der Waals surface area contributed by atoms with Gasteiger partial charge in [0.15, 0.2) is 11.6 Å². The summed E-state index contributed by atoms with van der Waals surface area (Å²) in [5.41, 5.74) is 1.25. The van der Waals surface area contributed by atoms with Crippen molar-refractivity contribution in [3.63, 3.8) is 0 Å². The fraction of sp³-hybridized carbons (Fsp3) is 0.308. The summed E-state index contributed by atoms with van der Waals surface area (Å²) in [4.78, 5) is 4.37. The van der Waals surface area contributed by atoms with E-state index >= 15 is 0 Å². The van der Waals surface area contributed by atoms with E-state index in [9.17, 15) is 8.78 Å². The fourth-order valence-electron chi connectivity index (χ4n) is 1.60. The molecule has 0 aliphatic heterocycles. The van der Waals surface area contributed by atoms with Gasteiger partial charge in [0, 0.05) is 17.6 Å². The number of thiazole rings is 1. The van der Waals surface area contributed by atoms with Crippen LogP contribution < -0.4 is 0 Å². The van der Waals surface area contributed by atoms with E-state index in [4.69, 9.17) is 5.11 Å². The molecule has 2 nitrogen and oxygen atoms in total. The molecule has 0 bridgehead atoms. The van der Waals surface area contributed by atoms with Crippen LogP contribution in [0.15, 0.2) is 23.6 Å². The molecule has 0 unspecified atom stereocenters. The van der Waals surface area contributed by atoms with Crippen molar-refractivity contribution in [3.8, 4) is 11.3 Å². The lowest BCUT2D eigenvalue weighted by Crippen LogP contribution is -1.89. The molecule has 1 heterocycles. The summed E-state index contributed by atoms with van der Waals surface area (Å²) >= 11 is 1.50. The maximum atomic E-state index is 13.1. The van der Waals surface area contributed by atoms with Crippen LogP contribution in [0.4, 0.5) is 8.78 Å². The largest absolute Gasteiger partial charge is 0.396 e. The summed E-state index contributed by atoms with van der Waals surface area (Å²) in [5, 5.41) is 11.5. The van der Waals surface area contributed by atoms with E-state index in [0.717, 1.165) is 36.4 Å². The minimum Gasteiger partial charge on any atom is -0.396 e. The summed E-state index contributed by atoms with van der Waals surface area (Å²) in [6.45, 7) is 0.182. The van der Waals surface area contributed by atoms with Crippen molar-refractivity contribution in [2.45, 2.75) is 19.3 Å². The molecule has 0 saturated carbocycles. The summed E-state index contributed by atoms with van der Waals surface area (Å²) < 4.78 is 25.9. The maximum absolute atomic E-state index is 13.1. The van der Waals surface area contributed by atoms with E-state index in [2.05, 4.69) is 4.98 Å². The number of hydrogen-bond donors (Lipinski definition) is 1. The van der Waals surface area contributed by atoms with Gasteiger partial charge in [-0.3, -0.25) is 0 Å². The zero-order valence-electron chi connectivity index (χ0n) is 9.70. The van der Waals surface area contributed by atoms with Crippen molar-refractivity contribution in [3.05, 3.63) is 40.2 Å². The lowest BCUT2D eigenvalue weighted by molar-refractivity contribution is 0.284. The van der Waals surface area contributed by atoms with Gasteiger partial charge in [0.2, 0.25) is 0 Å². The Balaban J connectivity index is 2.11. The van der Waals surface area contributed by atoms with Crippen LogP contribution in [0.1, 0.15) is 17.8 Å². The van der Waals surface area contributed by atoms with Crippen molar-refractivity contribution in [2.75, 3.05) is 6.61 Å². The smallest absolute Gasteiger partial charge is 0.159 e. The lowest BCUT2D eigenvalue weighted by Gasteiger charge is -1.98. The predicted octanol–water partition coefficient (Wildman–Crippen LogP) is 3.40. The molecule has 5 heteroatoms. The Morgan fingerprint density at radius 2 is 2.00 bits per heavy atom. The SMILES string of the molecule is OCCCCc1nc(-c2ccc(F)c(F)c2)cs1. The minimum absolute atomic E-state index is 0.182. The average Bonchev–Trinajstić information content (AvgIpc) is 2.82. The minimum atomic E-state index is -0.859. The van der Waals surface area contributed by atoms with Crippen molar-refractivity contribution < 1.29 is 13.9 Å². The molecule has 0 radical (unpaired) electrons. The Bertz CT molecular complexity index is 527. The van der Waals surface area contributed by atoms with Crippen LogP contribution in [-0.2, 0) is 6.42 Å². The first kappa shape index (κ1) is 13.1. The predicted molar refractivity (Wildman–Crippen MR) is 67.5 cm³/mol. The molecule has 2 rings (SSSR count). The second-order valence-electron chi connectivity index (χ2n) is 3.94. The third kappa shape index (κ3) is 3.11. The summed E-state index contributed by atoms with van der Waals surface area (Å²) in [7, 11) is 0. The highest BCUT2D eigenvalue weighted by Crippen LogP contribution is 2.24. The quantitative estimate of drug-likeness (QED) is 0.844. The number of halogens is 2.